The topological polar surface area (TPSA) is 68.0 Å². The molecule has 2 aromatic carbocycles. The molecule has 27 heavy (non-hydrogen) atoms. The zero-order valence-electron chi connectivity index (χ0n) is 14.2. The molecular weight excluding hydrogens is 430 g/mol. The highest BCUT2D eigenvalue weighted by Gasteiger charge is 2.14. The van der Waals surface area contributed by atoms with Crippen molar-refractivity contribution in [1.82, 2.24) is 9.97 Å². The van der Waals surface area contributed by atoms with Crippen molar-refractivity contribution < 1.29 is 9.21 Å². The Morgan fingerprint density at radius 3 is 2.81 bits per heavy atom. The molecule has 7 heteroatoms. The maximum atomic E-state index is 12.6. The molecular formula is C20H13BrClN3O2. The van der Waals surface area contributed by atoms with Crippen LogP contribution in [0.3, 0.4) is 0 Å². The maximum absolute atomic E-state index is 12.6. The van der Waals surface area contributed by atoms with Gasteiger partial charge in [-0.3, -0.25) is 4.79 Å². The fraction of sp³-hybridized carbons (Fsp3) is 0.0500. The monoisotopic (exact) mass is 441 g/mol. The van der Waals surface area contributed by atoms with Crippen molar-refractivity contribution in [3.63, 3.8) is 0 Å². The molecule has 0 aliphatic heterocycles. The number of aromatic nitrogens is 2. The van der Waals surface area contributed by atoms with Crippen LogP contribution in [0.5, 0.6) is 0 Å². The van der Waals surface area contributed by atoms with E-state index in [0.29, 0.717) is 33.4 Å². The molecule has 0 fully saturated rings. The van der Waals surface area contributed by atoms with E-state index < -0.39 is 0 Å². The first-order chi connectivity index (χ1) is 13.0. The number of hydrogen-bond donors (Lipinski definition) is 1. The predicted molar refractivity (Wildman–Crippen MR) is 109 cm³/mol. The third-order valence-corrected chi connectivity index (χ3v) is 4.88. The second kappa shape index (κ2) is 7.13. The van der Waals surface area contributed by atoms with Crippen LogP contribution in [-0.2, 0) is 0 Å². The summed E-state index contributed by atoms with van der Waals surface area (Å²) in [6.45, 7) is 1.91. The number of aryl methyl sites for hydroxylation is 1. The molecule has 0 radical (unpaired) electrons. The molecule has 0 saturated heterocycles. The van der Waals surface area contributed by atoms with Gasteiger partial charge >= 0.3 is 0 Å². The number of halogens is 2. The minimum Gasteiger partial charge on any atom is -0.434 e. The van der Waals surface area contributed by atoms with E-state index in [4.69, 9.17) is 16.0 Å². The van der Waals surface area contributed by atoms with E-state index in [1.807, 2.05) is 31.2 Å². The van der Waals surface area contributed by atoms with Crippen molar-refractivity contribution in [1.29, 1.82) is 0 Å². The Hall–Kier alpha value is -2.70. The zero-order chi connectivity index (χ0) is 19.0. The summed E-state index contributed by atoms with van der Waals surface area (Å²) in [4.78, 5) is 21.1. The minimum atomic E-state index is -0.275. The van der Waals surface area contributed by atoms with Gasteiger partial charge < -0.3 is 9.73 Å². The first kappa shape index (κ1) is 17.7. The van der Waals surface area contributed by atoms with Gasteiger partial charge in [0.1, 0.15) is 0 Å². The molecule has 2 heterocycles. The van der Waals surface area contributed by atoms with E-state index in [9.17, 15) is 4.79 Å². The highest BCUT2D eigenvalue weighted by Crippen LogP contribution is 2.28. The van der Waals surface area contributed by atoms with Crippen molar-refractivity contribution >= 4 is 50.4 Å². The zero-order valence-corrected chi connectivity index (χ0v) is 16.5. The number of nitrogens with one attached hydrogen (secondary N) is 1. The number of pyridine rings is 1. The average molecular weight is 443 g/mol. The number of oxazole rings is 1. The number of carbonyl (C=O) groups is 1. The molecule has 4 rings (SSSR count). The van der Waals surface area contributed by atoms with Crippen molar-refractivity contribution in [3.05, 3.63) is 75.4 Å². The number of amides is 1. The van der Waals surface area contributed by atoms with Gasteiger partial charge in [0.25, 0.3) is 5.91 Å². The van der Waals surface area contributed by atoms with Crippen LogP contribution in [0.25, 0.3) is 22.7 Å². The molecule has 4 aromatic rings. The van der Waals surface area contributed by atoms with E-state index >= 15 is 0 Å². The van der Waals surface area contributed by atoms with E-state index in [-0.39, 0.29) is 5.91 Å². The van der Waals surface area contributed by atoms with Gasteiger partial charge in [-0.15, -0.1) is 0 Å². The number of fused-ring (bicyclic) bond motifs is 1. The first-order valence-corrected chi connectivity index (χ1v) is 9.27. The number of benzene rings is 2. The summed E-state index contributed by atoms with van der Waals surface area (Å²) in [5.74, 6) is 0.211. The molecule has 0 unspecified atom stereocenters. The van der Waals surface area contributed by atoms with Gasteiger partial charge in [0.2, 0.25) is 5.89 Å². The highest BCUT2D eigenvalue weighted by molar-refractivity contribution is 9.10. The Bertz CT molecular complexity index is 1140. The fourth-order valence-corrected chi connectivity index (χ4v) is 3.26. The lowest BCUT2D eigenvalue weighted by atomic mass is 10.1. The molecule has 0 spiro atoms. The van der Waals surface area contributed by atoms with Crippen molar-refractivity contribution in [2.75, 3.05) is 5.32 Å². The van der Waals surface area contributed by atoms with E-state index in [2.05, 4.69) is 31.2 Å². The Labute approximate surface area is 168 Å². The van der Waals surface area contributed by atoms with E-state index in [1.165, 1.54) is 0 Å². The highest BCUT2D eigenvalue weighted by atomic mass is 79.9. The molecule has 0 aliphatic rings. The van der Waals surface area contributed by atoms with Gasteiger partial charge in [0, 0.05) is 21.9 Å². The first-order valence-electron chi connectivity index (χ1n) is 8.10. The summed E-state index contributed by atoms with van der Waals surface area (Å²) < 4.78 is 6.53. The molecule has 0 bridgehead atoms. The number of nitrogens with zero attached hydrogens (tertiary/aromatic N) is 2. The molecule has 0 aliphatic carbocycles. The SMILES string of the molecule is Cc1cc(-c2nc3ncccc3o2)ccc1NC(=O)c1cc(Br)ccc1Cl. The summed E-state index contributed by atoms with van der Waals surface area (Å²) >= 11 is 9.49. The second-order valence-electron chi connectivity index (χ2n) is 5.95. The van der Waals surface area contributed by atoms with Crippen LogP contribution in [0.4, 0.5) is 5.69 Å². The largest absolute Gasteiger partial charge is 0.434 e. The van der Waals surface area contributed by atoms with Gasteiger partial charge in [-0.05, 0) is 61.0 Å². The molecule has 0 atom stereocenters. The summed E-state index contributed by atoms with van der Waals surface area (Å²) in [5.41, 5.74) is 3.97. The lowest BCUT2D eigenvalue weighted by Crippen LogP contribution is -2.13. The van der Waals surface area contributed by atoms with Crippen molar-refractivity contribution in [3.8, 4) is 11.5 Å². The standard InChI is InChI=1S/C20H13BrClN3O2/c1-11-9-12(20-25-18-17(27-20)3-2-8-23-18)4-7-16(11)24-19(26)14-10-13(21)5-6-15(14)22/h2-10H,1H3,(H,24,26). The average Bonchev–Trinajstić information content (AvgIpc) is 3.09. The number of carbonyl (C=O) groups excluding carboxylic acids is 1. The van der Waals surface area contributed by atoms with Crippen LogP contribution in [-0.4, -0.2) is 15.9 Å². The third-order valence-electron chi connectivity index (χ3n) is 4.06. The van der Waals surface area contributed by atoms with Crippen LogP contribution in [0.15, 0.2) is 63.6 Å². The van der Waals surface area contributed by atoms with E-state index in [0.717, 1.165) is 15.6 Å². The summed E-state index contributed by atoms with van der Waals surface area (Å²) in [5, 5.41) is 3.28. The Kier molecular flexibility index (Phi) is 4.68. The van der Waals surface area contributed by atoms with Crippen molar-refractivity contribution in [2.45, 2.75) is 6.92 Å². The molecule has 0 saturated carbocycles. The Balaban J connectivity index is 1.62. The number of hydrogen-bond acceptors (Lipinski definition) is 4. The van der Waals surface area contributed by atoms with E-state index in [1.54, 1.807) is 30.5 Å². The lowest BCUT2D eigenvalue weighted by molar-refractivity contribution is 0.102. The number of anilines is 1. The summed E-state index contributed by atoms with van der Waals surface area (Å²) in [7, 11) is 0. The van der Waals surface area contributed by atoms with Gasteiger partial charge in [-0.1, -0.05) is 27.5 Å². The van der Waals surface area contributed by atoms with Crippen LogP contribution >= 0.6 is 27.5 Å². The van der Waals surface area contributed by atoms with Crippen molar-refractivity contribution in [2.24, 2.45) is 0 Å². The molecule has 2 aromatic heterocycles. The molecule has 1 amide bonds. The summed E-state index contributed by atoms with van der Waals surface area (Å²) in [6, 6.07) is 14.3. The third kappa shape index (κ3) is 3.59. The lowest BCUT2D eigenvalue weighted by Gasteiger charge is -2.10. The quantitative estimate of drug-likeness (QED) is 0.431. The number of rotatable bonds is 3. The van der Waals surface area contributed by atoms with Gasteiger partial charge in [-0.25, -0.2) is 4.98 Å². The smallest absolute Gasteiger partial charge is 0.257 e. The van der Waals surface area contributed by atoms with Gasteiger partial charge in [0.15, 0.2) is 11.2 Å². The van der Waals surface area contributed by atoms with Crippen LogP contribution < -0.4 is 5.32 Å². The molecule has 5 nitrogen and oxygen atoms in total. The summed E-state index contributed by atoms with van der Waals surface area (Å²) in [6.07, 6.45) is 1.67. The predicted octanol–water partition coefficient (Wildman–Crippen LogP) is 5.87. The van der Waals surface area contributed by atoms with Crippen LogP contribution in [0.2, 0.25) is 5.02 Å². The Morgan fingerprint density at radius 2 is 2.04 bits per heavy atom. The van der Waals surface area contributed by atoms with Gasteiger partial charge in [-0.2, -0.15) is 4.98 Å². The molecule has 1 N–H and O–H groups in total. The maximum Gasteiger partial charge on any atom is 0.257 e. The second-order valence-corrected chi connectivity index (χ2v) is 7.28. The fourth-order valence-electron chi connectivity index (χ4n) is 2.69. The van der Waals surface area contributed by atoms with Crippen LogP contribution in [0.1, 0.15) is 15.9 Å². The normalized spacial score (nSPS) is 10.9. The minimum absolute atomic E-state index is 0.275. The van der Waals surface area contributed by atoms with Crippen LogP contribution in [0, 0.1) is 6.92 Å². The molecule has 134 valence electrons. The Morgan fingerprint density at radius 1 is 1.19 bits per heavy atom. The van der Waals surface area contributed by atoms with Gasteiger partial charge in [0.05, 0.1) is 10.6 Å².